The quantitative estimate of drug-likeness (QED) is 0.620. The molecule has 1 saturated heterocycles. The lowest BCUT2D eigenvalue weighted by molar-refractivity contribution is -0.384. The van der Waals surface area contributed by atoms with Crippen molar-refractivity contribution in [3.63, 3.8) is 0 Å². The highest BCUT2D eigenvalue weighted by molar-refractivity contribution is 5.97. The summed E-state index contributed by atoms with van der Waals surface area (Å²) in [5, 5.41) is 13.5. The van der Waals surface area contributed by atoms with E-state index in [1.165, 1.54) is 12.1 Å². The van der Waals surface area contributed by atoms with E-state index in [4.69, 9.17) is 4.74 Å². The fourth-order valence-corrected chi connectivity index (χ4v) is 3.02. The second-order valence-electron chi connectivity index (χ2n) is 6.27. The molecule has 1 aliphatic heterocycles. The third kappa shape index (κ3) is 4.41. The Hall–Kier alpha value is -3.42. The van der Waals surface area contributed by atoms with Crippen molar-refractivity contribution in [1.29, 1.82) is 0 Å². The number of ether oxygens (including phenoxy) is 1. The lowest BCUT2D eigenvalue weighted by atomic mass is 10.1. The average molecular weight is 369 g/mol. The van der Waals surface area contributed by atoms with E-state index >= 15 is 0 Å². The molecule has 8 nitrogen and oxygen atoms in total. The topological polar surface area (TPSA) is 102 Å². The standard InChI is InChI=1S/C19H19N3O5/c1-27-17-8-6-15(7-9-17)21-12-14(11-19(21)24)20-18(23)10-13-2-4-16(5-3-13)22(25)26/h2-9,14H,10-12H2,1H3,(H,20,23)/t14-/m0/s1. The molecule has 1 fully saturated rings. The lowest BCUT2D eigenvalue weighted by Gasteiger charge is -2.17. The molecule has 2 aromatic carbocycles. The van der Waals surface area contributed by atoms with Gasteiger partial charge in [0.1, 0.15) is 5.75 Å². The fraction of sp³-hybridized carbons (Fsp3) is 0.263. The monoisotopic (exact) mass is 369 g/mol. The summed E-state index contributed by atoms with van der Waals surface area (Å²) in [4.78, 5) is 36.3. The highest BCUT2D eigenvalue weighted by atomic mass is 16.6. The van der Waals surface area contributed by atoms with E-state index in [-0.39, 0.29) is 36.4 Å². The number of benzene rings is 2. The van der Waals surface area contributed by atoms with Crippen molar-refractivity contribution >= 4 is 23.2 Å². The van der Waals surface area contributed by atoms with Gasteiger partial charge >= 0.3 is 0 Å². The van der Waals surface area contributed by atoms with E-state index in [2.05, 4.69) is 5.32 Å². The number of nitro benzene ring substituents is 1. The van der Waals surface area contributed by atoms with Crippen molar-refractivity contribution in [1.82, 2.24) is 5.32 Å². The maximum absolute atomic E-state index is 12.3. The van der Waals surface area contributed by atoms with Crippen LogP contribution in [0.1, 0.15) is 12.0 Å². The van der Waals surface area contributed by atoms with Gasteiger partial charge in [0.25, 0.3) is 5.69 Å². The zero-order valence-electron chi connectivity index (χ0n) is 14.8. The van der Waals surface area contributed by atoms with E-state index in [9.17, 15) is 19.7 Å². The summed E-state index contributed by atoms with van der Waals surface area (Å²) in [7, 11) is 1.58. The van der Waals surface area contributed by atoms with Crippen LogP contribution in [0.2, 0.25) is 0 Å². The number of nitro groups is 1. The summed E-state index contributed by atoms with van der Waals surface area (Å²) in [5.41, 5.74) is 1.41. The Kier molecular flexibility index (Phi) is 5.35. The van der Waals surface area contributed by atoms with Crippen LogP contribution in [0.5, 0.6) is 5.75 Å². The van der Waals surface area contributed by atoms with Crippen molar-refractivity contribution in [2.24, 2.45) is 0 Å². The van der Waals surface area contributed by atoms with Gasteiger partial charge in [0.15, 0.2) is 0 Å². The molecule has 0 radical (unpaired) electrons. The van der Waals surface area contributed by atoms with Gasteiger partial charge in [-0.15, -0.1) is 0 Å². The van der Waals surface area contributed by atoms with E-state index < -0.39 is 4.92 Å². The number of methoxy groups -OCH3 is 1. The molecule has 3 rings (SSSR count). The summed E-state index contributed by atoms with van der Waals surface area (Å²) in [6, 6.07) is 12.7. The second-order valence-corrected chi connectivity index (χ2v) is 6.27. The predicted molar refractivity (Wildman–Crippen MR) is 98.7 cm³/mol. The highest BCUT2D eigenvalue weighted by Gasteiger charge is 2.31. The smallest absolute Gasteiger partial charge is 0.269 e. The number of anilines is 1. The first-order valence-electron chi connectivity index (χ1n) is 8.43. The number of rotatable bonds is 6. The molecular weight excluding hydrogens is 350 g/mol. The van der Waals surface area contributed by atoms with Gasteiger partial charge < -0.3 is 15.0 Å². The lowest BCUT2D eigenvalue weighted by Crippen LogP contribution is -2.38. The Bertz CT molecular complexity index is 849. The molecule has 0 aliphatic carbocycles. The number of carbonyl (C=O) groups is 2. The molecule has 8 heteroatoms. The van der Waals surface area contributed by atoms with Gasteiger partial charge in [0, 0.05) is 30.8 Å². The Balaban J connectivity index is 1.57. The molecule has 1 N–H and O–H groups in total. The number of non-ortho nitro benzene ring substituents is 1. The van der Waals surface area contributed by atoms with Crippen LogP contribution in [0, 0.1) is 10.1 Å². The molecule has 0 unspecified atom stereocenters. The van der Waals surface area contributed by atoms with Gasteiger partial charge in [-0.05, 0) is 29.8 Å². The highest BCUT2D eigenvalue weighted by Crippen LogP contribution is 2.24. The molecule has 1 heterocycles. The minimum atomic E-state index is -0.484. The maximum atomic E-state index is 12.3. The number of carbonyl (C=O) groups excluding carboxylic acids is 2. The van der Waals surface area contributed by atoms with Crippen LogP contribution in [0.4, 0.5) is 11.4 Å². The Morgan fingerprint density at radius 3 is 2.48 bits per heavy atom. The van der Waals surface area contributed by atoms with Crippen molar-refractivity contribution in [2.75, 3.05) is 18.6 Å². The predicted octanol–water partition coefficient (Wildman–Crippen LogP) is 2.07. The molecule has 1 aliphatic rings. The average Bonchev–Trinajstić information content (AvgIpc) is 3.02. The molecule has 0 saturated carbocycles. The number of hydrogen-bond acceptors (Lipinski definition) is 5. The molecule has 0 aromatic heterocycles. The summed E-state index contributed by atoms with van der Waals surface area (Å²) in [6.07, 6.45) is 0.337. The first-order valence-corrected chi connectivity index (χ1v) is 8.43. The third-order valence-corrected chi connectivity index (χ3v) is 4.39. The fourth-order valence-electron chi connectivity index (χ4n) is 3.02. The van der Waals surface area contributed by atoms with Crippen molar-refractivity contribution in [2.45, 2.75) is 18.9 Å². The van der Waals surface area contributed by atoms with Crippen LogP contribution in [-0.2, 0) is 16.0 Å². The van der Waals surface area contributed by atoms with Gasteiger partial charge in [0.2, 0.25) is 11.8 Å². The van der Waals surface area contributed by atoms with Crippen molar-refractivity contribution in [3.05, 3.63) is 64.2 Å². The van der Waals surface area contributed by atoms with E-state index in [1.807, 2.05) is 0 Å². The second kappa shape index (κ2) is 7.86. The van der Waals surface area contributed by atoms with Crippen LogP contribution in [-0.4, -0.2) is 36.4 Å². The van der Waals surface area contributed by atoms with Gasteiger partial charge in [-0.2, -0.15) is 0 Å². The van der Waals surface area contributed by atoms with Gasteiger partial charge in [0.05, 0.1) is 24.5 Å². The molecule has 0 spiro atoms. The Labute approximate surface area is 155 Å². The molecule has 140 valence electrons. The maximum Gasteiger partial charge on any atom is 0.269 e. The van der Waals surface area contributed by atoms with E-state index in [0.717, 1.165) is 5.69 Å². The Morgan fingerprint density at radius 2 is 1.89 bits per heavy atom. The zero-order chi connectivity index (χ0) is 19.4. The zero-order valence-corrected chi connectivity index (χ0v) is 14.8. The summed E-state index contributed by atoms with van der Waals surface area (Å²) in [5.74, 6) is 0.428. The molecule has 2 aromatic rings. The van der Waals surface area contributed by atoms with Gasteiger partial charge in [-0.25, -0.2) is 0 Å². The first kappa shape index (κ1) is 18.4. The normalized spacial score (nSPS) is 16.3. The first-order chi connectivity index (χ1) is 13.0. The molecule has 0 bridgehead atoms. The Morgan fingerprint density at radius 1 is 1.22 bits per heavy atom. The summed E-state index contributed by atoms with van der Waals surface area (Å²) >= 11 is 0. The van der Waals surface area contributed by atoms with Crippen LogP contribution in [0.15, 0.2) is 48.5 Å². The molecular formula is C19H19N3O5. The minimum Gasteiger partial charge on any atom is -0.497 e. The summed E-state index contributed by atoms with van der Waals surface area (Å²) < 4.78 is 5.11. The molecule has 27 heavy (non-hydrogen) atoms. The van der Waals surface area contributed by atoms with Crippen LogP contribution in [0.25, 0.3) is 0 Å². The number of hydrogen-bond donors (Lipinski definition) is 1. The number of amides is 2. The third-order valence-electron chi connectivity index (χ3n) is 4.39. The molecule has 1 atom stereocenters. The van der Waals surface area contributed by atoms with E-state index in [0.29, 0.717) is 17.9 Å². The van der Waals surface area contributed by atoms with Crippen LogP contribution >= 0.6 is 0 Å². The van der Waals surface area contributed by atoms with Crippen LogP contribution < -0.4 is 15.0 Å². The van der Waals surface area contributed by atoms with Crippen LogP contribution in [0.3, 0.4) is 0 Å². The summed E-state index contributed by atoms with van der Waals surface area (Å²) in [6.45, 7) is 0.400. The van der Waals surface area contributed by atoms with Gasteiger partial charge in [-0.1, -0.05) is 12.1 Å². The minimum absolute atomic E-state index is 0.0179. The largest absolute Gasteiger partial charge is 0.497 e. The van der Waals surface area contributed by atoms with Crippen molar-refractivity contribution in [3.8, 4) is 5.75 Å². The van der Waals surface area contributed by atoms with Gasteiger partial charge in [-0.3, -0.25) is 19.7 Å². The SMILES string of the molecule is COc1ccc(N2C[C@@H](NC(=O)Cc3ccc([N+](=O)[O-])cc3)CC2=O)cc1. The molecule has 2 amide bonds. The number of nitrogens with one attached hydrogen (secondary N) is 1. The van der Waals surface area contributed by atoms with Crippen molar-refractivity contribution < 1.29 is 19.2 Å². The number of nitrogens with zero attached hydrogens (tertiary/aromatic N) is 2. The van der Waals surface area contributed by atoms with E-state index in [1.54, 1.807) is 48.4 Å².